The van der Waals surface area contributed by atoms with Crippen LogP contribution in [0.3, 0.4) is 0 Å². The summed E-state index contributed by atoms with van der Waals surface area (Å²) in [7, 11) is 0. The van der Waals surface area contributed by atoms with Crippen molar-refractivity contribution in [1.82, 2.24) is 14.9 Å². The van der Waals surface area contributed by atoms with Crippen molar-refractivity contribution in [1.29, 1.82) is 0 Å². The SMILES string of the molecule is Nn1c(S[C@@H]2C=CCCC2)nnc1C1CCOCC1. The molecule has 1 aromatic heterocycles. The highest BCUT2D eigenvalue weighted by Gasteiger charge is 2.24. The fourth-order valence-corrected chi connectivity index (χ4v) is 3.66. The number of nitrogens with zero attached hydrogens (tertiary/aromatic N) is 3. The maximum absolute atomic E-state index is 6.16. The predicted octanol–water partition coefficient (Wildman–Crippen LogP) is 2.09. The molecular formula is C13H20N4OS. The molecule has 1 aliphatic carbocycles. The van der Waals surface area contributed by atoms with Crippen LogP contribution >= 0.6 is 11.8 Å². The number of rotatable bonds is 3. The molecule has 2 aliphatic rings. The lowest BCUT2D eigenvalue weighted by molar-refractivity contribution is 0.0830. The first kappa shape index (κ1) is 13.0. The van der Waals surface area contributed by atoms with E-state index in [9.17, 15) is 0 Å². The molecule has 1 aliphatic heterocycles. The first-order valence-electron chi connectivity index (χ1n) is 6.96. The van der Waals surface area contributed by atoms with Crippen molar-refractivity contribution in [3.8, 4) is 0 Å². The molecule has 3 rings (SSSR count). The summed E-state index contributed by atoms with van der Waals surface area (Å²) in [6.45, 7) is 1.59. The fraction of sp³-hybridized carbons (Fsp3) is 0.692. The minimum Gasteiger partial charge on any atom is -0.381 e. The third-order valence-electron chi connectivity index (χ3n) is 3.74. The van der Waals surface area contributed by atoms with Crippen LogP contribution in [0.25, 0.3) is 0 Å². The van der Waals surface area contributed by atoms with Crippen molar-refractivity contribution in [3.63, 3.8) is 0 Å². The molecule has 19 heavy (non-hydrogen) atoms. The first-order valence-corrected chi connectivity index (χ1v) is 7.84. The number of hydrogen-bond acceptors (Lipinski definition) is 5. The number of allylic oxidation sites excluding steroid dienone is 1. The van der Waals surface area contributed by atoms with Gasteiger partial charge in [-0.1, -0.05) is 23.9 Å². The Morgan fingerprint density at radius 3 is 2.84 bits per heavy atom. The van der Waals surface area contributed by atoms with Crippen LogP contribution in [0.15, 0.2) is 17.3 Å². The molecule has 0 bridgehead atoms. The van der Waals surface area contributed by atoms with E-state index >= 15 is 0 Å². The Morgan fingerprint density at radius 2 is 2.11 bits per heavy atom. The third kappa shape index (κ3) is 2.95. The molecule has 1 atom stereocenters. The van der Waals surface area contributed by atoms with E-state index in [1.54, 1.807) is 16.4 Å². The molecule has 1 saturated heterocycles. The van der Waals surface area contributed by atoms with Gasteiger partial charge in [0.2, 0.25) is 5.16 Å². The summed E-state index contributed by atoms with van der Waals surface area (Å²) in [6.07, 6.45) is 10.1. The van der Waals surface area contributed by atoms with Crippen molar-refractivity contribution in [2.45, 2.75) is 48.4 Å². The Kier molecular flexibility index (Phi) is 4.08. The van der Waals surface area contributed by atoms with Gasteiger partial charge in [0.05, 0.1) is 0 Å². The zero-order valence-electron chi connectivity index (χ0n) is 11.0. The van der Waals surface area contributed by atoms with Crippen molar-refractivity contribution in [3.05, 3.63) is 18.0 Å². The van der Waals surface area contributed by atoms with Crippen LogP contribution in [-0.2, 0) is 4.74 Å². The van der Waals surface area contributed by atoms with Gasteiger partial charge >= 0.3 is 0 Å². The molecule has 1 fully saturated rings. The third-order valence-corrected chi connectivity index (χ3v) is 4.93. The Balaban J connectivity index is 1.70. The van der Waals surface area contributed by atoms with Gasteiger partial charge in [0.1, 0.15) is 0 Å². The van der Waals surface area contributed by atoms with Gasteiger partial charge in [0.15, 0.2) is 5.82 Å². The molecular weight excluding hydrogens is 260 g/mol. The average molecular weight is 280 g/mol. The van der Waals surface area contributed by atoms with Gasteiger partial charge < -0.3 is 10.6 Å². The number of thioether (sulfide) groups is 1. The second-order valence-corrected chi connectivity index (χ2v) is 6.32. The molecule has 1 aromatic rings. The van der Waals surface area contributed by atoms with Crippen molar-refractivity contribution >= 4 is 11.8 Å². The number of nitrogens with two attached hydrogens (primary N) is 1. The molecule has 0 amide bonds. The largest absolute Gasteiger partial charge is 0.381 e. The molecule has 0 unspecified atom stereocenters. The van der Waals surface area contributed by atoms with E-state index in [4.69, 9.17) is 10.6 Å². The van der Waals surface area contributed by atoms with E-state index in [1.807, 2.05) is 0 Å². The quantitative estimate of drug-likeness (QED) is 0.678. The minimum atomic E-state index is 0.391. The van der Waals surface area contributed by atoms with Crippen molar-refractivity contribution < 1.29 is 4.74 Å². The fourth-order valence-electron chi connectivity index (χ4n) is 2.62. The van der Waals surface area contributed by atoms with E-state index in [-0.39, 0.29) is 0 Å². The van der Waals surface area contributed by atoms with Crippen LogP contribution in [0.2, 0.25) is 0 Å². The second-order valence-electron chi connectivity index (χ2n) is 5.11. The Morgan fingerprint density at radius 1 is 1.26 bits per heavy atom. The summed E-state index contributed by atoms with van der Waals surface area (Å²) < 4.78 is 7.06. The summed E-state index contributed by atoms with van der Waals surface area (Å²) in [5.41, 5.74) is 0. The zero-order chi connectivity index (χ0) is 13.1. The van der Waals surface area contributed by atoms with Gasteiger partial charge in [-0.3, -0.25) is 0 Å². The maximum Gasteiger partial charge on any atom is 0.210 e. The smallest absolute Gasteiger partial charge is 0.210 e. The molecule has 0 spiro atoms. The average Bonchev–Trinajstić information content (AvgIpc) is 2.82. The number of aromatic nitrogens is 3. The summed E-state index contributed by atoms with van der Waals surface area (Å²) >= 11 is 1.72. The lowest BCUT2D eigenvalue weighted by Gasteiger charge is -2.21. The highest BCUT2D eigenvalue weighted by Crippen LogP contribution is 2.31. The van der Waals surface area contributed by atoms with Gasteiger partial charge in [-0.05, 0) is 32.1 Å². The van der Waals surface area contributed by atoms with Crippen LogP contribution in [0.5, 0.6) is 0 Å². The van der Waals surface area contributed by atoms with Gasteiger partial charge in [0, 0.05) is 24.4 Å². The molecule has 6 heteroatoms. The minimum absolute atomic E-state index is 0.391. The van der Waals surface area contributed by atoms with Gasteiger partial charge in [0.25, 0.3) is 0 Å². The van der Waals surface area contributed by atoms with Crippen LogP contribution in [0.4, 0.5) is 0 Å². The number of hydrogen-bond donors (Lipinski definition) is 1. The summed E-state index contributed by atoms with van der Waals surface area (Å²) in [6, 6.07) is 0. The monoisotopic (exact) mass is 280 g/mol. The van der Waals surface area contributed by atoms with Gasteiger partial charge in [-0.25, -0.2) is 4.68 Å². The second kappa shape index (κ2) is 5.96. The van der Waals surface area contributed by atoms with E-state index in [2.05, 4.69) is 22.3 Å². The van der Waals surface area contributed by atoms with Crippen molar-refractivity contribution in [2.75, 3.05) is 19.1 Å². The molecule has 2 heterocycles. The lowest BCUT2D eigenvalue weighted by Crippen LogP contribution is -2.22. The highest BCUT2D eigenvalue weighted by molar-refractivity contribution is 7.99. The summed E-state index contributed by atoms with van der Waals surface area (Å²) in [4.78, 5) is 0. The molecule has 5 nitrogen and oxygen atoms in total. The first-order chi connectivity index (χ1) is 9.34. The normalized spacial score (nSPS) is 24.7. The Bertz CT molecular complexity index is 453. The van der Waals surface area contributed by atoms with Gasteiger partial charge in [-0.2, -0.15) is 0 Å². The van der Waals surface area contributed by atoms with Crippen LogP contribution in [0.1, 0.15) is 43.8 Å². The molecule has 0 aromatic carbocycles. The lowest BCUT2D eigenvalue weighted by atomic mass is 10.00. The van der Waals surface area contributed by atoms with Gasteiger partial charge in [-0.15, -0.1) is 10.2 Å². The number of nitrogen functional groups attached to an aromatic ring is 1. The molecule has 104 valence electrons. The standard InChI is InChI=1S/C13H20N4OS/c14-17-12(10-6-8-18-9-7-10)15-16-13(17)19-11-4-2-1-3-5-11/h2,4,10-11H,1,3,5-9,14H2/t11-/m1/s1. The summed E-state index contributed by atoms with van der Waals surface area (Å²) in [5.74, 6) is 7.46. The van der Waals surface area contributed by atoms with Crippen LogP contribution in [-0.4, -0.2) is 33.3 Å². The molecule has 2 N–H and O–H groups in total. The molecule has 0 radical (unpaired) electrons. The topological polar surface area (TPSA) is 66.0 Å². The zero-order valence-corrected chi connectivity index (χ0v) is 11.8. The van der Waals surface area contributed by atoms with E-state index in [0.29, 0.717) is 11.2 Å². The summed E-state index contributed by atoms with van der Waals surface area (Å²) in [5, 5.41) is 9.87. The van der Waals surface area contributed by atoms with E-state index < -0.39 is 0 Å². The maximum atomic E-state index is 6.16. The highest BCUT2D eigenvalue weighted by atomic mass is 32.2. The van der Waals surface area contributed by atoms with E-state index in [1.165, 1.54) is 19.3 Å². The van der Waals surface area contributed by atoms with Crippen molar-refractivity contribution in [2.24, 2.45) is 0 Å². The Labute approximate surface area is 117 Å². The molecule has 0 saturated carbocycles. The number of ether oxygens (including phenoxy) is 1. The van der Waals surface area contributed by atoms with Crippen LogP contribution < -0.4 is 5.84 Å². The predicted molar refractivity (Wildman–Crippen MR) is 75.6 cm³/mol. The van der Waals surface area contributed by atoms with Crippen LogP contribution in [0, 0.1) is 0 Å². The van der Waals surface area contributed by atoms with E-state index in [0.717, 1.165) is 37.0 Å². The Hall–Kier alpha value is -1.01.